The number of rotatable bonds is 4. The summed E-state index contributed by atoms with van der Waals surface area (Å²) in [5, 5.41) is 0.214. The molecule has 1 atom stereocenters. The first kappa shape index (κ1) is 15.7. The summed E-state index contributed by atoms with van der Waals surface area (Å²) in [5.41, 5.74) is 0. The zero-order valence-corrected chi connectivity index (χ0v) is 13.8. The number of furan rings is 1. The molecular weight excluding hydrogens is 318 g/mol. The number of amides is 1. The van der Waals surface area contributed by atoms with Gasteiger partial charge in [0, 0.05) is 33.3 Å². The van der Waals surface area contributed by atoms with E-state index in [9.17, 15) is 4.79 Å². The lowest BCUT2D eigenvalue weighted by Crippen LogP contribution is -2.30. The molecule has 0 aliphatic carbocycles. The molecule has 122 valence electrons. The number of anilines is 1. The van der Waals surface area contributed by atoms with Crippen LogP contribution in [0.1, 0.15) is 17.0 Å². The van der Waals surface area contributed by atoms with E-state index in [4.69, 9.17) is 20.8 Å². The Morgan fingerprint density at radius 3 is 2.96 bits per heavy atom. The molecule has 0 unspecified atom stereocenters. The number of pyridine rings is 1. The second-order valence-corrected chi connectivity index (χ2v) is 5.98. The van der Waals surface area contributed by atoms with Crippen molar-refractivity contribution in [3.05, 3.63) is 41.4 Å². The van der Waals surface area contributed by atoms with Gasteiger partial charge in [-0.1, -0.05) is 0 Å². The molecule has 1 saturated heterocycles. The first-order chi connectivity index (χ1) is 11.0. The van der Waals surface area contributed by atoms with Gasteiger partial charge in [-0.15, -0.1) is 0 Å². The van der Waals surface area contributed by atoms with Crippen molar-refractivity contribution in [2.75, 3.05) is 32.1 Å². The van der Waals surface area contributed by atoms with Gasteiger partial charge >= 0.3 is 0 Å². The van der Waals surface area contributed by atoms with Crippen molar-refractivity contribution < 1.29 is 13.9 Å². The van der Waals surface area contributed by atoms with E-state index < -0.39 is 0 Å². The van der Waals surface area contributed by atoms with E-state index in [1.165, 1.54) is 0 Å². The van der Waals surface area contributed by atoms with Gasteiger partial charge < -0.3 is 19.0 Å². The fraction of sp³-hybridized carbons (Fsp3) is 0.375. The molecule has 3 heterocycles. The molecule has 1 aliphatic heterocycles. The SMILES string of the molecule is CN(C)c1ncccc1O[C@H]1CCN(C(=O)c2ccc(Cl)o2)C1. The van der Waals surface area contributed by atoms with Crippen LogP contribution < -0.4 is 9.64 Å². The number of halogens is 1. The predicted molar refractivity (Wildman–Crippen MR) is 87.2 cm³/mol. The minimum absolute atomic E-state index is 0.0627. The summed E-state index contributed by atoms with van der Waals surface area (Å²) < 4.78 is 11.2. The van der Waals surface area contributed by atoms with Crippen LogP contribution in [-0.4, -0.2) is 49.1 Å². The molecule has 2 aromatic rings. The first-order valence-corrected chi connectivity index (χ1v) is 7.76. The molecule has 6 nitrogen and oxygen atoms in total. The van der Waals surface area contributed by atoms with Crippen molar-refractivity contribution in [2.45, 2.75) is 12.5 Å². The summed E-state index contributed by atoms with van der Waals surface area (Å²) in [6, 6.07) is 6.88. The summed E-state index contributed by atoms with van der Waals surface area (Å²) in [6.45, 7) is 1.14. The summed E-state index contributed by atoms with van der Waals surface area (Å²) in [5.74, 6) is 1.58. The molecule has 0 saturated carbocycles. The van der Waals surface area contributed by atoms with Crippen LogP contribution in [0.5, 0.6) is 5.75 Å². The van der Waals surface area contributed by atoms with Crippen LogP contribution in [0.4, 0.5) is 5.82 Å². The monoisotopic (exact) mass is 335 g/mol. The van der Waals surface area contributed by atoms with Gasteiger partial charge in [0.2, 0.25) is 0 Å². The van der Waals surface area contributed by atoms with Crippen molar-refractivity contribution in [3.63, 3.8) is 0 Å². The van der Waals surface area contributed by atoms with E-state index in [1.807, 2.05) is 31.1 Å². The molecule has 2 aromatic heterocycles. The fourth-order valence-electron chi connectivity index (χ4n) is 2.58. The zero-order chi connectivity index (χ0) is 16.4. The number of ether oxygens (including phenoxy) is 1. The van der Waals surface area contributed by atoms with Crippen LogP contribution in [0.2, 0.25) is 5.22 Å². The van der Waals surface area contributed by atoms with Crippen molar-refractivity contribution in [2.24, 2.45) is 0 Å². The van der Waals surface area contributed by atoms with Crippen molar-refractivity contribution >= 4 is 23.3 Å². The molecule has 0 aromatic carbocycles. The molecule has 3 rings (SSSR count). The van der Waals surface area contributed by atoms with Gasteiger partial charge in [0.05, 0.1) is 6.54 Å². The molecule has 7 heteroatoms. The number of carbonyl (C=O) groups is 1. The predicted octanol–water partition coefficient (Wildman–Crippen LogP) is 2.69. The Bertz CT molecular complexity index is 701. The van der Waals surface area contributed by atoms with Crippen molar-refractivity contribution in [1.82, 2.24) is 9.88 Å². The van der Waals surface area contributed by atoms with Gasteiger partial charge in [0.25, 0.3) is 5.91 Å². The third kappa shape index (κ3) is 3.42. The Morgan fingerprint density at radius 2 is 2.26 bits per heavy atom. The van der Waals surface area contributed by atoms with Gasteiger partial charge in [0.15, 0.2) is 22.5 Å². The Hall–Kier alpha value is -2.21. The summed E-state index contributed by atoms with van der Waals surface area (Å²) in [6.07, 6.45) is 2.43. The third-order valence-electron chi connectivity index (χ3n) is 3.68. The van der Waals surface area contributed by atoms with E-state index in [-0.39, 0.29) is 23.0 Å². The van der Waals surface area contributed by atoms with E-state index in [1.54, 1.807) is 23.2 Å². The van der Waals surface area contributed by atoms with Gasteiger partial charge in [0.1, 0.15) is 6.10 Å². The minimum atomic E-state index is -0.165. The second kappa shape index (κ2) is 6.50. The molecule has 0 N–H and O–H groups in total. The van der Waals surface area contributed by atoms with E-state index >= 15 is 0 Å². The Balaban J connectivity index is 1.65. The molecular formula is C16H18ClN3O3. The smallest absolute Gasteiger partial charge is 0.289 e. The number of nitrogens with zero attached hydrogens (tertiary/aromatic N) is 3. The van der Waals surface area contributed by atoms with Gasteiger partial charge in [-0.2, -0.15) is 0 Å². The average Bonchev–Trinajstić information content (AvgIpc) is 3.16. The standard InChI is InChI=1S/C16H18ClN3O3/c1-19(2)15-12(4-3-8-18-15)22-11-7-9-20(10-11)16(21)13-5-6-14(17)23-13/h3-6,8,11H,7,9-10H2,1-2H3/t11-/m0/s1. The van der Waals surface area contributed by atoms with Crippen LogP contribution >= 0.6 is 11.6 Å². The quantitative estimate of drug-likeness (QED) is 0.859. The van der Waals surface area contributed by atoms with Crippen molar-refractivity contribution in [3.8, 4) is 5.75 Å². The fourth-order valence-corrected chi connectivity index (χ4v) is 2.73. The molecule has 1 aliphatic rings. The number of carbonyl (C=O) groups excluding carboxylic acids is 1. The minimum Gasteiger partial charge on any atom is -0.485 e. The number of likely N-dealkylation sites (tertiary alicyclic amines) is 1. The number of hydrogen-bond acceptors (Lipinski definition) is 5. The highest BCUT2D eigenvalue weighted by Gasteiger charge is 2.30. The topological polar surface area (TPSA) is 58.8 Å². The Labute approximate surface area is 139 Å². The Kier molecular flexibility index (Phi) is 4.43. The summed E-state index contributed by atoms with van der Waals surface area (Å²) in [4.78, 5) is 20.3. The molecule has 0 radical (unpaired) electrons. The van der Waals surface area contributed by atoms with E-state index in [0.717, 1.165) is 18.0 Å². The molecule has 1 fully saturated rings. The lowest BCUT2D eigenvalue weighted by Gasteiger charge is -2.20. The summed E-state index contributed by atoms with van der Waals surface area (Å²) >= 11 is 5.72. The van der Waals surface area contributed by atoms with Gasteiger partial charge in [-0.25, -0.2) is 4.98 Å². The highest BCUT2D eigenvalue weighted by Crippen LogP contribution is 2.27. The largest absolute Gasteiger partial charge is 0.485 e. The van der Waals surface area contributed by atoms with Crippen molar-refractivity contribution in [1.29, 1.82) is 0 Å². The van der Waals surface area contributed by atoms with Crippen LogP contribution in [-0.2, 0) is 0 Å². The van der Waals surface area contributed by atoms with E-state index in [2.05, 4.69) is 4.98 Å². The highest BCUT2D eigenvalue weighted by molar-refractivity contribution is 6.29. The van der Waals surface area contributed by atoms with Gasteiger partial charge in [-0.05, 0) is 35.9 Å². The molecule has 0 spiro atoms. The molecule has 1 amide bonds. The van der Waals surface area contributed by atoms with Crippen LogP contribution in [0.25, 0.3) is 0 Å². The normalized spacial score (nSPS) is 17.3. The van der Waals surface area contributed by atoms with Crippen LogP contribution in [0.3, 0.4) is 0 Å². The number of hydrogen-bond donors (Lipinski definition) is 0. The average molecular weight is 336 g/mol. The lowest BCUT2D eigenvalue weighted by atomic mass is 10.3. The summed E-state index contributed by atoms with van der Waals surface area (Å²) in [7, 11) is 3.83. The van der Waals surface area contributed by atoms with E-state index in [0.29, 0.717) is 13.1 Å². The first-order valence-electron chi connectivity index (χ1n) is 7.38. The van der Waals surface area contributed by atoms with Gasteiger partial charge in [-0.3, -0.25) is 4.79 Å². The maximum atomic E-state index is 12.3. The maximum absolute atomic E-state index is 12.3. The highest BCUT2D eigenvalue weighted by atomic mass is 35.5. The zero-order valence-electron chi connectivity index (χ0n) is 13.0. The number of aromatic nitrogens is 1. The molecule has 23 heavy (non-hydrogen) atoms. The second-order valence-electron chi connectivity index (χ2n) is 5.60. The molecule has 0 bridgehead atoms. The Morgan fingerprint density at radius 1 is 1.43 bits per heavy atom. The lowest BCUT2D eigenvalue weighted by molar-refractivity contribution is 0.0741. The third-order valence-corrected chi connectivity index (χ3v) is 3.89. The maximum Gasteiger partial charge on any atom is 0.289 e. The van der Waals surface area contributed by atoms with Crippen LogP contribution in [0, 0.1) is 0 Å². The van der Waals surface area contributed by atoms with Crippen LogP contribution in [0.15, 0.2) is 34.9 Å².